The number of aryl methyl sites for hydroxylation is 1. The van der Waals surface area contributed by atoms with Crippen molar-refractivity contribution in [2.45, 2.75) is 51.9 Å². The molecule has 3 aromatic rings. The number of unbranched alkanes of at least 4 members (excludes halogenated alkanes) is 5. The van der Waals surface area contributed by atoms with Crippen LogP contribution in [0.3, 0.4) is 0 Å². The molecule has 0 aliphatic rings. The van der Waals surface area contributed by atoms with Crippen molar-refractivity contribution in [3.8, 4) is 5.82 Å². The van der Waals surface area contributed by atoms with Crippen molar-refractivity contribution in [3.63, 3.8) is 0 Å². The molecule has 23 heavy (non-hydrogen) atoms. The molecule has 0 fully saturated rings. The summed E-state index contributed by atoms with van der Waals surface area (Å²) in [5, 5.41) is 1.30. The number of benzene rings is 1. The van der Waals surface area contributed by atoms with Crippen molar-refractivity contribution in [2.24, 2.45) is 0 Å². The van der Waals surface area contributed by atoms with Gasteiger partial charge in [-0.1, -0.05) is 63.3 Å². The van der Waals surface area contributed by atoms with Crippen LogP contribution in [-0.2, 0) is 6.42 Å². The standard InChI is InChI=1S/C21H26N2/c1-2-3-4-5-6-7-13-19-17-18-12-8-9-14-20(18)23(19)21-15-10-11-16-22-21/h8-12,14-17H,2-7,13H2,1H3. The molecule has 0 amide bonds. The highest BCUT2D eigenvalue weighted by Crippen LogP contribution is 2.24. The lowest BCUT2D eigenvalue weighted by molar-refractivity contribution is 0.603. The zero-order chi connectivity index (χ0) is 15.9. The fraction of sp³-hybridized carbons (Fsp3) is 0.381. The maximum absolute atomic E-state index is 4.56. The Bertz CT molecular complexity index is 728. The van der Waals surface area contributed by atoms with Gasteiger partial charge < -0.3 is 0 Å². The van der Waals surface area contributed by atoms with E-state index in [1.165, 1.54) is 55.1 Å². The van der Waals surface area contributed by atoms with E-state index >= 15 is 0 Å². The molecular formula is C21H26N2. The summed E-state index contributed by atoms with van der Waals surface area (Å²) in [6.07, 6.45) is 11.0. The van der Waals surface area contributed by atoms with Crippen LogP contribution in [0.4, 0.5) is 0 Å². The van der Waals surface area contributed by atoms with E-state index in [0.29, 0.717) is 0 Å². The Morgan fingerprint density at radius 3 is 2.48 bits per heavy atom. The lowest BCUT2D eigenvalue weighted by Gasteiger charge is -2.10. The number of para-hydroxylation sites is 1. The van der Waals surface area contributed by atoms with Gasteiger partial charge in [-0.15, -0.1) is 0 Å². The summed E-state index contributed by atoms with van der Waals surface area (Å²) >= 11 is 0. The Morgan fingerprint density at radius 2 is 1.65 bits per heavy atom. The van der Waals surface area contributed by atoms with E-state index in [1.54, 1.807) is 0 Å². The van der Waals surface area contributed by atoms with Crippen LogP contribution < -0.4 is 0 Å². The molecule has 3 rings (SSSR count). The Morgan fingerprint density at radius 1 is 0.870 bits per heavy atom. The molecule has 2 heteroatoms. The zero-order valence-corrected chi connectivity index (χ0v) is 14.0. The van der Waals surface area contributed by atoms with Crippen LogP contribution in [0.2, 0.25) is 0 Å². The van der Waals surface area contributed by atoms with Crippen LogP contribution in [0.1, 0.15) is 51.1 Å². The Balaban J connectivity index is 1.79. The third kappa shape index (κ3) is 3.82. The smallest absolute Gasteiger partial charge is 0.137 e. The van der Waals surface area contributed by atoms with E-state index < -0.39 is 0 Å². The summed E-state index contributed by atoms with van der Waals surface area (Å²) in [5.74, 6) is 1.02. The van der Waals surface area contributed by atoms with Crippen LogP contribution in [0.25, 0.3) is 16.7 Å². The zero-order valence-electron chi connectivity index (χ0n) is 14.0. The minimum atomic E-state index is 1.02. The molecular weight excluding hydrogens is 280 g/mol. The fourth-order valence-corrected chi connectivity index (χ4v) is 3.24. The number of hydrogen-bond donors (Lipinski definition) is 0. The van der Waals surface area contributed by atoms with Gasteiger partial charge in [0.05, 0.1) is 5.52 Å². The maximum atomic E-state index is 4.56. The van der Waals surface area contributed by atoms with Crippen molar-refractivity contribution in [1.82, 2.24) is 9.55 Å². The molecule has 2 aromatic heterocycles. The SMILES string of the molecule is CCCCCCCCc1cc2ccccc2n1-c1ccccn1. The van der Waals surface area contributed by atoms with E-state index in [2.05, 4.69) is 58.9 Å². The van der Waals surface area contributed by atoms with E-state index in [1.807, 2.05) is 12.3 Å². The molecule has 0 spiro atoms. The van der Waals surface area contributed by atoms with Gasteiger partial charge in [0.1, 0.15) is 5.82 Å². The van der Waals surface area contributed by atoms with E-state index in [0.717, 1.165) is 12.2 Å². The Kier molecular flexibility index (Phi) is 5.46. The topological polar surface area (TPSA) is 17.8 Å². The third-order valence-electron chi connectivity index (χ3n) is 4.45. The van der Waals surface area contributed by atoms with Crippen LogP contribution in [0.5, 0.6) is 0 Å². The van der Waals surface area contributed by atoms with E-state index in [-0.39, 0.29) is 0 Å². The first kappa shape index (κ1) is 15.8. The molecule has 120 valence electrons. The minimum absolute atomic E-state index is 1.02. The average molecular weight is 306 g/mol. The number of nitrogens with zero attached hydrogens (tertiary/aromatic N) is 2. The first-order valence-corrected chi connectivity index (χ1v) is 8.91. The first-order chi connectivity index (χ1) is 11.4. The molecule has 0 aliphatic carbocycles. The number of pyridine rings is 1. The summed E-state index contributed by atoms with van der Waals surface area (Å²) in [6, 6.07) is 17.1. The fourth-order valence-electron chi connectivity index (χ4n) is 3.24. The lowest BCUT2D eigenvalue weighted by atomic mass is 10.1. The molecule has 0 radical (unpaired) electrons. The molecule has 2 heterocycles. The van der Waals surface area contributed by atoms with Gasteiger partial charge in [0.15, 0.2) is 0 Å². The molecule has 1 aromatic carbocycles. The summed E-state index contributed by atoms with van der Waals surface area (Å²) in [6.45, 7) is 2.27. The van der Waals surface area contributed by atoms with Crippen LogP contribution in [-0.4, -0.2) is 9.55 Å². The maximum Gasteiger partial charge on any atom is 0.137 e. The van der Waals surface area contributed by atoms with Gasteiger partial charge in [-0.05, 0) is 37.1 Å². The highest BCUT2D eigenvalue weighted by atomic mass is 15.1. The second-order valence-corrected chi connectivity index (χ2v) is 6.24. The van der Waals surface area contributed by atoms with E-state index in [9.17, 15) is 0 Å². The molecule has 0 atom stereocenters. The third-order valence-corrected chi connectivity index (χ3v) is 4.45. The number of fused-ring (bicyclic) bond motifs is 1. The summed E-state index contributed by atoms with van der Waals surface area (Å²) in [7, 11) is 0. The van der Waals surface area contributed by atoms with Gasteiger partial charge in [0.2, 0.25) is 0 Å². The molecule has 0 unspecified atom stereocenters. The molecule has 0 aliphatic heterocycles. The van der Waals surface area contributed by atoms with Crippen molar-refractivity contribution < 1.29 is 0 Å². The van der Waals surface area contributed by atoms with Crippen LogP contribution in [0.15, 0.2) is 54.7 Å². The Labute approximate surface area is 139 Å². The quantitative estimate of drug-likeness (QED) is 0.472. The van der Waals surface area contributed by atoms with Gasteiger partial charge in [0.25, 0.3) is 0 Å². The van der Waals surface area contributed by atoms with Crippen molar-refractivity contribution in [1.29, 1.82) is 0 Å². The second kappa shape index (κ2) is 7.96. The van der Waals surface area contributed by atoms with Crippen LogP contribution >= 0.6 is 0 Å². The van der Waals surface area contributed by atoms with Gasteiger partial charge in [-0.2, -0.15) is 0 Å². The molecule has 0 bridgehead atoms. The largest absolute Gasteiger partial charge is 0.298 e. The summed E-state index contributed by atoms with van der Waals surface area (Å²) in [4.78, 5) is 4.56. The highest BCUT2D eigenvalue weighted by Gasteiger charge is 2.10. The van der Waals surface area contributed by atoms with Gasteiger partial charge >= 0.3 is 0 Å². The molecule has 0 saturated heterocycles. The predicted molar refractivity (Wildman–Crippen MR) is 98.2 cm³/mol. The normalized spacial score (nSPS) is 11.2. The molecule has 2 nitrogen and oxygen atoms in total. The summed E-state index contributed by atoms with van der Waals surface area (Å²) in [5.41, 5.74) is 2.63. The number of rotatable bonds is 8. The van der Waals surface area contributed by atoms with Crippen molar-refractivity contribution in [2.75, 3.05) is 0 Å². The van der Waals surface area contributed by atoms with Gasteiger partial charge in [0, 0.05) is 17.3 Å². The molecule has 0 saturated carbocycles. The lowest BCUT2D eigenvalue weighted by Crippen LogP contribution is -2.02. The number of aromatic nitrogens is 2. The predicted octanol–water partition coefficient (Wildman–Crippen LogP) is 5.93. The summed E-state index contributed by atoms with van der Waals surface area (Å²) < 4.78 is 2.32. The highest BCUT2D eigenvalue weighted by molar-refractivity contribution is 5.83. The minimum Gasteiger partial charge on any atom is -0.298 e. The van der Waals surface area contributed by atoms with Gasteiger partial charge in [-0.3, -0.25) is 4.57 Å². The van der Waals surface area contributed by atoms with Gasteiger partial charge in [-0.25, -0.2) is 4.98 Å². The average Bonchev–Trinajstić information content (AvgIpc) is 2.97. The first-order valence-electron chi connectivity index (χ1n) is 8.91. The van der Waals surface area contributed by atoms with Crippen molar-refractivity contribution in [3.05, 3.63) is 60.4 Å². The molecule has 0 N–H and O–H groups in total. The van der Waals surface area contributed by atoms with Crippen molar-refractivity contribution >= 4 is 10.9 Å². The van der Waals surface area contributed by atoms with E-state index in [4.69, 9.17) is 0 Å². The van der Waals surface area contributed by atoms with Crippen LogP contribution in [0, 0.1) is 0 Å². The monoisotopic (exact) mass is 306 g/mol. The number of hydrogen-bond acceptors (Lipinski definition) is 1. The second-order valence-electron chi connectivity index (χ2n) is 6.24. The Hall–Kier alpha value is -2.09.